The number of rotatable bonds is 7. The summed E-state index contributed by atoms with van der Waals surface area (Å²) < 4.78 is 0.478. The van der Waals surface area contributed by atoms with E-state index in [0.29, 0.717) is 27.9 Å². The SMILES string of the molecule is O=C(CCCN1C(=O)C(=Cc2ccccc2)SC1=S)Nc1cccc(C(=O)O)c1. The average molecular weight is 427 g/mol. The first-order valence-electron chi connectivity index (χ1n) is 8.87. The van der Waals surface area contributed by atoms with Crippen molar-refractivity contribution in [2.45, 2.75) is 12.8 Å². The molecule has 0 radical (unpaired) electrons. The normalized spacial score (nSPS) is 15.0. The maximum atomic E-state index is 12.6. The molecule has 0 bridgehead atoms. The highest BCUT2D eigenvalue weighted by atomic mass is 32.2. The molecule has 0 aliphatic carbocycles. The van der Waals surface area contributed by atoms with Crippen LogP contribution in [0.4, 0.5) is 5.69 Å². The zero-order valence-electron chi connectivity index (χ0n) is 15.3. The Kier molecular flexibility index (Phi) is 6.79. The summed E-state index contributed by atoms with van der Waals surface area (Å²) in [6, 6.07) is 15.6. The summed E-state index contributed by atoms with van der Waals surface area (Å²) in [6.07, 6.45) is 2.43. The zero-order chi connectivity index (χ0) is 20.8. The second-order valence-electron chi connectivity index (χ2n) is 6.28. The largest absolute Gasteiger partial charge is 0.478 e. The van der Waals surface area contributed by atoms with Gasteiger partial charge in [-0.3, -0.25) is 14.5 Å². The van der Waals surface area contributed by atoms with Gasteiger partial charge >= 0.3 is 5.97 Å². The van der Waals surface area contributed by atoms with Crippen LogP contribution in [0, 0.1) is 0 Å². The predicted octanol–water partition coefficient (Wildman–Crippen LogP) is 4.00. The quantitative estimate of drug-likeness (QED) is 0.514. The molecular weight excluding hydrogens is 408 g/mol. The van der Waals surface area contributed by atoms with Gasteiger partial charge in [-0.2, -0.15) is 0 Å². The summed E-state index contributed by atoms with van der Waals surface area (Å²) in [7, 11) is 0. The second-order valence-corrected chi connectivity index (χ2v) is 7.96. The van der Waals surface area contributed by atoms with E-state index in [0.717, 1.165) is 5.56 Å². The number of hydrogen-bond donors (Lipinski definition) is 2. The van der Waals surface area contributed by atoms with E-state index in [1.165, 1.54) is 28.8 Å². The van der Waals surface area contributed by atoms with E-state index in [-0.39, 0.29) is 23.8 Å². The van der Waals surface area contributed by atoms with Crippen LogP contribution in [-0.2, 0) is 9.59 Å². The fraction of sp³-hybridized carbons (Fsp3) is 0.143. The Morgan fingerprint density at radius 2 is 1.90 bits per heavy atom. The number of carboxylic acid groups (broad SMARTS) is 1. The van der Waals surface area contributed by atoms with Gasteiger partial charge in [0, 0.05) is 18.7 Å². The Bertz CT molecular complexity index is 989. The van der Waals surface area contributed by atoms with Gasteiger partial charge in [-0.15, -0.1) is 0 Å². The minimum Gasteiger partial charge on any atom is -0.478 e. The summed E-state index contributed by atoms with van der Waals surface area (Å²) in [4.78, 5) is 37.8. The highest BCUT2D eigenvalue weighted by Gasteiger charge is 2.31. The van der Waals surface area contributed by atoms with Crippen LogP contribution in [0.2, 0.25) is 0 Å². The number of hydrogen-bond acceptors (Lipinski definition) is 5. The maximum absolute atomic E-state index is 12.6. The third-order valence-electron chi connectivity index (χ3n) is 4.15. The predicted molar refractivity (Wildman–Crippen MR) is 118 cm³/mol. The van der Waals surface area contributed by atoms with Gasteiger partial charge in [0.05, 0.1) is 10.5 Å². The van der Waals surface area contributed by atoms with E-state index < -0.39 is 5.97 Å². The van der Waals surface area contributed by atoms with E-state index in [9.17, 15) is 14.4 Å². The lowest BCUT2D eigenvalue weighted by Gasteiger charge is -2.14. The van der Waals surface area contributed by atoms with Crippen molar-refractivity contribution in [3.63, 3.8) is 0 Å². The molecule has 2 N–H and O–H groups in total. The molecule has 1 aliphatic rings. The van der Waals surface area contributed by atoms with Gasteiger partial charge in [0.1, 0.15) is 4.32 Å². The Morgan fingerprint density at radius 3 is 2.62 bits per heavy atom. The maximum Gasteiger partial charge on any atom is 0.335 e. The minimum atomic E-state index is -1.06. The number of benzene rings is 2. The fourth-order valence-electron chi connectivity index (χ4n) is 2.74. The fourth-order valence-corrected chi connectivity index (χ4v) is 4.05. The van der Waals surface area contributed by atoms with Crippen LogP contribution in [0.5, 0.6) is 0 Å². The zero-order valence-corrected chi connectivity index (χ0v) is 17.0. The Labute approximate surface area is 177 Å². The monoisotopic (exact) mass is 426 g/mol. The standard InChI is InChI=1S/C21H18N2O4S2/c24-18(22-16-9-4-8-15(13-16)20(26)27)10-5-11-23-19(25)17(29-21(23)28)12-14-6-2-1-3-7-14/h1-4,6-9,12-13H,5,10-11H2,(H,22,24)(H,26,27). The molecule has 1 saturated heterocycles. The molecule has 6 nitrogen and oxygen atoms in total. The molecule has 0 atom stereocenters. The van der Waals surface area contributed by atoms with E-state index in [1.807, 2.05) is 30.3 Å². The van der Waals surface area contributed by atoms with Crippen LogP contribution in [0.1, 0.15) is 28.8 Å². The lowest BCUT2D eigenvalue weighted by Crippen LogP contribution is -2.29. The number of carbonyl (C=O) groups excluding carboxylic acids is 2. The third-order valence-corrected chi connectivity index (χ3v) is 5.53. The van der Waals surface area contributed by atoms with E-state index in [1.54, 1.807) is 18.2 Å². The smallest absolute Gasteiger partial charge is 0.335 e. The van der Waals surface area contributed by atoms with Crippen molar-refractivity contribution in [3.05, 3.63) is 70.6 Å². The van der Waals surface area contributed by atoms with Gasteiger partial charge in [0.25, 0.3) is 5.91 Å². The van der Waals surface area contributed by atoms with Crippen molar-refractivity contribution in [3.8, 4) is 0 Å². The van der Waals surface area contributed by atoms with Crippen LogP contribution in [0.3, 0.4) is 0 Å². The number of carboxylic acids is 1. The van der Waals surface area contributed by atoms with Crippen molar-refractivity contribution in [2.75, 3.05) is 11.9 Å². The Morgan fingerprint density at radius 1 is 1.14 bits per heavy atom. The molecule has 1 fully saturated rings. The summed E-state index contributed by atoms with van der Waals surface area (Å²) in [5.74, 6) is -1.46. The first kappa shape index (κ1) is 20.8. The average Bonchev–Trinajstić information content (AvgIpc) is 2.96. The summed E-state index contributed by atoms with van der Waals surface area (Å²) >= 11 is 6.56. The van der Waals surface area contributed by atoms with Crippen LogP contribution in [-0.4, -0.2) is 38.7 Å². The number of thiocarbonyl (C=S) groups is 1. The Hall–Kier alpha value is -2.97. The molecule has 3 rings (SSSR count). The molecule has 0 saturated carbocycles. The van der Waals surface area contributed by atoms with E-state index in [2.05, 4.69) is 5.32 Å². The van der Waals surface area contributed by atoms with Crippen LogP contribution >= 0.6 is 24.0 Å². The van der Waals surface area contributed by atoms with Crippen molar-refractivity contribution in [2.24, 2.45) is 0 Å². The minimum absolute atomic E-state index is 0.102. The van der Waals surface area contributed by atoms with Crippen LogP contribution in [0.15, 0.2) is 59.5 Å². The van der Waals surface area contributed by atoms with Gasteiger partial charge in [-0.05, 0) is 36.3 Å². The van der Waals surface area contributed by atoms with Crippen molar-refractivity contribution in [1.82, 2.24) is 4.90 Å². The molecular formula is C21H18N2O4S2. The molecule has 1 aliphatic heterocycles. The molecule has 2 amide bonds. The molecule has 2 aromatic carbocycles. The second kappa shape index (κ2) is 9.49. The van der Waals surface area contributed by atoms with Crippen LogP contribution in [0.25, 0.3) is 6.08 Å². The number of anilines is 1. The molecule has 0 aromatic heterocycles. The summed E-state index contributed by atoms with van der Waals surface area (Å²) in [5, 5.41) is 11.7. The van der Waals surface area contributed by atoms with Gasteiger partial charge in [-0.1, -0.05) is 60.4 Å². The van der Waals surface area contributed by atoms with Gasteiger partial charge < -0.3 is 10.4 Å². The number of thioether (sulfide) groups is 1. The lowest BCUT2D eigenvalue weighted by atomic mass is 10.2. The summed E-state index contributed by atoms with van der Waals surface area (Å²) in [6.45, 7) is 0.347. The van der Waals surface area contributed by atoms with Crippen molar-refractivity contribution >= 4 is 57.8 Å². The summed E-state index contributed by atoms with van der Waals surface area (Å²) in [5.41, 5.74) is 1.45. The highest BCUT2D eigenvalue weighted by Crippen LogP contribution is 2.32. The van der Waals surface area contributed by atoms with Crippen molar-refractivity contribution in [1.29, 1.82) is 0 Å². The molecule has 8 heteroatoms. The molecule has 0 unspecified atom stereocenters. The van der Waals surface area contributed by atoms with Crippen molar-refractivity contribution < 1.29 is 19.5 Å². The highest BCUT2D eigenvalue weighted by molar-refractivity contribution is 8.26. The number of aromatic carboxylic acids is 1. The van der Waals surface area contributed by atoms with E-state index >= 15 is 0 Å². The molecule has 2 aromatic rings. The molecule has 29 heavy (non-hydrogen) atoms. The molecule has 1 heterocycles. The van der Waals surface area contributed by atoms with Gasteiger partial charge in [-0.25, -0.2) is 4.79 Å². The first-order valence-corrected chi connectivity index (χ1v) is 10.1. The number of amides is 2. The topological polar surface area (TPSA) is 86.7 Å². The molecule has 0 spiro atoms. The van der Waals surface area contributed by atoms with Gasteiger partial charge in [0.2, 0.25) is 5.91 Å². The number of nitrogens with zero attached hydrogens (tertiary/aromatic N) is 1. The van der Waals surface area contributed by atoms with E-state index in [4.69, 9.17) is 17.3 Å². The number of nitrogens with one attached hydrogen (secondary N) is 1. The lowest BCUT2D eigenvalue weighted by molar-refractivity contribution is -0.122. The third kappa shape index (κ3) is 5.52. The molecule has 148 valence electrons. The Balaban J connectivity index is 1.52. The first-order chi connectivity index (χ1) is 13.9. The van der Waals surface area contributed by atoms with Gasteiger partial charge in [0.15, 0.2) is 0 Å². The van der Waals surface area contributed by atoms with Crippen LogP contribution < -0.4 is 5.32 Å². The number of carbonyl (C=O) groups is 3.